The number of nitrogens with zero attached hydrogens (tertiary/aromatic N) is 1. The average Bonchev–Trinajstić information content (AvgIpc) is 3.09. The summed E-state index contributed by atoms with van der Waals surface area (Å²) < 4.78 is 16.1. The topological polar surface area (TPSA) is 99.2 Å². The molecule has 5 fully saturated rings. The molecule has 4 saturated carbocycles. The molecule has 0 spiro atoms. The van der Waals surface area contributed by atoms with Crippen LogP contribution < -0.4 is 0 Å². The summed E-state index contributed by atoms with van der Waals surface area (Å²) in [6.45, 7) is 0. The maximum Gasteiger partial charge on any atom is 0.348 e. The highest BCUT2D eigenvalue weighted by atomic mass is 16.6. The lowest BCUT2D eigenvalue weighted by Gasteiger charge is -2.59. The first-order valence-electron chi connectivity index (χ1n) is 12.3. The zero-order chi connectivity index (χ0) is 24.5. The summed E-state index contributed by atoms with van der Waals surface area (Å²) in [5.74, 6) is -2.53. The van der Waals surface area contributed by atoms with Gasteiger partial charge in [-0.05, 0) is 62.4 Å². The zero-order valence-electron chi connectivity index (χ0n) is 19.9. The molecule has 2 aliphatic heterocycles. The number of carbonyl (C=O) groups is 4. The fourth-order valence-corrected chi connectivity index (χ4v) is 8.03. The Morgan fingerprint density at radius 2 is 1.54 bits per heavy atom. The fourth-order valence-electron chi connectivity index (χ4n) is 8.03. The van der Waals surface area contributed by atoms with Crippen LogP contribution in [-0.2, 0) is 33.4 Å². The van der Waals surface area contributed by atoms with E-state index in [4.69, 9.17) is 14.2 Å². The van der Waals surface area contributed by atoms with Crippen LogP contribution in [0.4, 0.5) is 0 Å². The quantitative estimate of drug-likeness (QED) is 0.372. The molecule has 2 heterocycles. The molecule has 1 saturated heterocycles. The number of fused-ring (bicyclic) bond motifs is 1. The second kappa shape index (κ2) is 7.67. The number of rotatable bonds is 4. The van der Waals surface area contributed by atoms with Crippen molar-refractivity contribution in [2.24, 2.45) is 29.1 Å². The average molecular weight is 480 g/mol. The Bertz CT molecular complexity index is 1110. The molecule has 0 radical (unpaired) electrons. The highest BCUT2D eigenvalue weighted by Gasteiger charge is 2.76. The monoisotopic (exact) mass is 479 g/mol. The number of amides is 2. The first-order valence-corrected chi connectivity index (χ1v) is 12.3. The van der Waals surface area contributed by atoms with Gasteiger partial charge in [0, 0.05) is 5.56 Å². The van der Waals surface area contributed by atoms with Crippen LogP contribution in [0.3, 0.4) is 0 Å². The maximum atomic E-state index is 14.3. The lowest BCUT2D eigenvalue weighted by molar-refractivity contribution is -0.183. The van der Waals surface area contributed by atoms with Crippen molar-refractivity contribution in [3.63, 3.8) is 0 Å². The molecular weight excluding hydrogens is 450 g/mol. The van der Waals surface area contributed by atoms with E-state index in [9.17, 15) is 19.2 Å². The van der Waals surface area contributed by atoms with E-state index in [1.165, 1.54) is 18.1 Å². The van der Waals surface area contributed by atoms with Gasteiger partial charge in [-0.2, -0.15) is 0 Å². The molecular formula is C27H29NO7. The van der Waals surface area contributed by atoms with Crippen molar-refractivity contribution in [3.05, 3.63) is 42.0 Å². The molecule has 35 heavy (non-hydrogen) atoms. The Morgan fingerprint density at radius 3 is 2.09 bits per heavy atom. The smallest absolute Gasteiger partial charge is 0.348 e. The van der Waals surface area contributed by atoms with E-state index in [-0.39, 0.29) is 5.76 Å². The Balaban J connectivity index is 1.52. The Morgan fingerprint density at radius 1 is 0.943 bits per heavy atom. The van der Waals surface area contributed by atoms with Crippen molar-refractivity contribution in [2.75, 3.05) is 14.2 Å². The van der Waals surface area contributed by atoms with E-state index in [2.05, 4.69) is 0 Å². The third-order valence-corrected chi connectivity index (χ3v) is 8.99. The standard InChI is InChI=1S/C27H29NO7/c1-33-23(30)21-27(25(32)34-2)19(11-20(35-21)18-6-4-3-5-7-18)22(29)28(24(27)31)26-12-15-8-16(13-26)10-17(9-15)14-26/h3-7,11,15-17,19,21H,8-10,12-14H2,1-2H3/t15?,16?,17?,19-,21+,26?,27-/m0/s1. The summed E-state index contributed by atoms with van der Waals surface area (Å²) in [4.78, 5) is 56.4. The minimum Gasteiger partial charge on any atom is -0.477 e. The number of ether oxygens (including phenoxy) is 3. The van der Waals surface area contributed by atoms with Crippen LogP contribution in [0.2, 0.25) is 0 Å². The molecule has 184 valence electrons. The van der Waals surface area contributed by atoms with Gasteiger partial charge in [-0.3, -0.25) is 19.3 Å². The molecule has 4 bridgehead atoms. The number of imide groups is 1. The molecule has 8 nitrogen and oxygen atoms in total. The molecule has 1 aromatic carbocycles. The molecule has 7 rings (SSSR count). The first-order chi connectivity index (χ1) is 16.8. The SMILES string of the molecule is COC(=O)[C@H]1OC(c2ccccc2)=C[C@H]2C(=O)N(C34CC5CC(CC(C5)C3)C4)C(=O)[C@@]12C(=O)OC. The molecule has 0 N–H and O–H groups in total. The summed E-state index contributed by atoms with van der Waals surface area (Å²) in [6.07, 6.45) is 5.53. The molecule has 3 atom stereocenters. The largest absolute Gasteiger partial charge is 0.477 e. The Hall–Kier alpha value is -3.16. The molecule has 6 aliphatic rings. The van der Waals surface area contributed by atoms with Crippen LogP contribution in [0.1, 0.15) is 44.1 Å². The van der Waals surface area contributed by atoms with Gasteiger partial charge in [0.1, 0.15) is 5.76 Å². The van der Waals surface area contributed by atoms with Crippen molar-refractivity contribution in [2.45, 2.75) is 50.2 Å². The number of methoxy groups -OCH3 is 2. The lowest BCUT2D eigenvalue weighted by atomic mass is 9.52. The van der Waals surface area contributed by atoms with Gasteiger partial charge in [-0.25, -0.2) is 4.79 Å². The second-order valence-electron chi connectivity index (χ2n) is 10.9. The highest BCUT2D eigenvalue weighted by molar-refractivity contribution is 6.21. The predicted octanol–water partition coefficient (Wildman–Crippen LogP) is 2.71. The van der Waals surface area contributed by atoms with Crippen LogP contribution in [0.25, 0.3) is 5.76 Å². The van der Waals surface area contributed by atoms with Gasteiger partial charge in [0.05, 0.1) is 25.7 Å². The van der Waals surface area contributed by atoms with E-state index >= 15 is 0 Å². The summed E-state index contributed by atoms with van der Waals surface area (Å²) in [5.41, 5.74) is -2.14. The van der Waals surface area contributed by atoms with E-state index < -0.39 is 46.7 Å². The van der Waals surface area contributed by atoms with Crippen LogP contribution in [0, 0.1) is 29.1 Å². The molecule has 0 aromatic heterocycles. The van der Waals surface area contributed by atoms with E-state index in [1.807, 2.05) is 6.07 Å². The minimum atomic E-state index is -2.15. The fraction of sp³-hybridized carbons (Fsp3) is 0.556. The van der Waals surface area contributed by atoms with Crippen molar-refractivity contribution < 1.29 is 33.4 Å². The van der Waals surface area contributed by atoms with Crippen LogP contribution in [-0.4, -0.2) is 54.5 Å². The van der Waals surface area contributed by atoms with E-state index in [1.54, 1.807) is 24.3 Å². The van der Waals surface area contributed by atoms with Gasteiger partial charge >= 0.3 is 11.9 Å². The van der Waals surface area contributed by atoms with Gasteiger partial charge in [0.15, 0.2) is 0 Å². The van der Waals surface area contributed by atoms with Gasteiger partial charge in [-0.15, -0.1) is 0 Å². The van der Waals surface area contributed by atoms with Crippen molar-refractivity contribution >= 4 is 29.5 Å². The molecule has 0 unspecified atom stereocenters. The van der Waals surface area contributed by atoms with Crippen molar-refractivity contribution in [1.29, 1.82) is 0 Å². The van der Waals surface area contributed by atoms with Crippen LogP contribution in [0.5, 0.6) is 0 Å². The summed E-state index contributed by atoms with van der Waals surface area (Å²) in [5, 5.41) is 0. The zero-order valence-corrected chi connectivity index (χ0v) is 19.9. The second-order valence-corrected chi connectivity index (χ2v) is 10.9. The number of benzene rings is 1. The molecule has 4 aliphatic carbocycles. The van der Waals surface area contributed by atoms with Crippen LogP contribution in [0.15, 0.2) is 36.4 Å². The van der Waals surface area contributed by atoms with Crippen molar-refractivity contribution in [1.82, 2.24) is 4.90 Å². The molecule has 8 heteroatoms. The van der Waals surface area contributed by atoms with Gasteiger partial charge in [0.25, 0.3) is 5.91 Å². The number of likely N-dealkylation sites (tertiary alicyclic amines) is 1. The van der Waals surface area contributed by atoms with Crippen molar-refractivity contribution in [3.8, 4) is 0 Å². The highest BCUT2D eigenvalue weighted by Crippen LogP contribution is 2.61. The minimum absolute atomic E-state index is 0.263. The number of esters is 2. The third kappa shape index (κ3) is 2.91. The molecule has 1 aromatic rings. The summed E-state index contributed by atoms with van der Waals surface area (Å²) in [7, 11) is 2.33. The lowest BCUT2D eigenvalue weighted by Crippen LogP contribution is -2.64. The first kappa shape index (κ1) is 22.3. The van der Waals surface area contributed by atoms with Gasteiger partial charge in [0.2, 0.25) is 17.4 Å². The van der Waals surface area contributed by atoms with Gasteiger partial charge < -0.3 is 14.2 Å². The summed E-state index contributed by atoms with van der Waals surface area (Å²) >= 11 is 0. The molecule has 2 amide bonds. The van der Waals surface area contributed by atoms with Gasteiger partial charge in [-0.1, -0.05) is 30.3 Å². The van der Waals surface area contributed by atoms with Crippen LogP contribution >= 0.6 is 0 Å². The predicted molar refractivity (Wildman–Crippen MR) is 122 cm³/mol. The normalized spacial score (nSPS) is 39.1. The summed E-state index contributed by atoms with van der Waals surface area (Å²) in [6, 6.07) is 9.01. The number of hydrogen-bond acceptors (Lipinski definition) is 7. The third-order valence-electron chi connectivity index (χ3n) is 8.99. The van der Waals surface area contributed by atoms with E-state index in [0.29, 0.717) is 23.3 Å². The Kier molecular flexibility index (Phi) is 4.89. The Labute approximate surface area is 203 Å². The maximum absolute atomic E-state index is 14.3. The number of carbonyl (C=O) groups excluding carboxylic acids is 4. The number of hydrogen-bond donors (Lipinski definition) is 0. The van der Waals surface area contributed by atoms with E-state index in [0.717, 1.165) is 45.6 Å².